The van der Waals surface area contributed by atoms with E-state index in [1.807, 2.05) is 0 Å². The van der Waals surface area contributed by atoms with Crippen molar-refractivity contribution in [2.45, 2.75) is 56.1 Å². The first-order chi connectivity index (χ1) is 15.6. The zero-order valence-corrected chi connectivity index (χ0v) is 19.7. The van der Waals surface area contributed by atoms with Crippen molar-refractivity contribution in [1.29, 1.82) is 0 Å². The minimum atomic E-state index is -3.80. The number of rotatable bonds is 6. The van der Waals surface area contributed by atoms with Gasteiger partial charge in [-0.25, -0.2) is 26.9 Å². The molecule has 1 fully saturated rings. The summed E-state index contributed by atoms with van der Waals surface area (Å²) in [4.78, 5) is 7.82. The molecular weight excluding hydrogens is 492 g/mol. The molecule has 2 aromatic heterocycles. The van der Waals surface area contributed by atoms with Crippen LogP contribution in [0.15, 0.2) is 39.9 Å². The summed E-state index contributed by atoms with van der Waals surface area (Å²) in [5, 5.41) is 12.9. The predicted octanol–water partition coefficient (Wildman–Crippen LogP) is 3.63. The number of nitrogens with one attached hydrogen (secondary N) is 1. The van der Waals surface area contributed by atoms with Gasteiger partial charge in [-0.05, 0) is 61.9 Å². The van der Waals surface area contributed by atoms with Gasteiger partial charge in [-0.3, -0.25) is 0 Å². The van der Waals surface area contributed by atoms with Crippen LogP contribution in [0.5, 0.6) is 0 Å². The molecule has 1 saturated carbocycles. The highest BCUT2D eigenvalue weighted by Gasteiger charge is 2.26. The van der Waals surface area contributed by atoms with Gasteiger partial charge in [0.2, 0.25) is 15.8 Å². The van der Waals surface area contributed by atoms with Crippen LogP contribution >= 0.6 is 12.4 Å². The number of hydrogen-bond donors (Lipinski definition) is 3. The van der Waals surface area contributed by atoms with E-state index >= 15 is 0 Å². The molecule has 3 aromatic rings. The number of benzene rings is 1. The van der Waals surface area contributed by atoms with Gasteiger partial charge in [0, 0.05) is 17.8 Å². The van der Waals surface area contributed by atoms with Crippen molar-refractivity contribution in [3.05, 3.63) is 41.9 Å². The fraction of sp³-hybridized carbons (Fsp3) is 0.381. The second-order valence-corrected chi connectivity index (χ2v) is 9.73. The van der Waals surface area contributed by atoms with Crippen molar-refractivity contribution >= 4 is 28.2 Å². The van der Waals surface area contributed by atoms with Crippen LogP contribution in [0.3, 0.4) is 0 Å². The first-order valence-electron chi connectivity index (χ1n) is 10.3. The van der Waals surface area contributed by atoms with E-state index in [-0.39, 0.29) is 46.7 Å². The number of sulfonamides is 1. The normalized spacial score (nSPS) is 18.6. The molecule has 9 nitrogen and oxygen atoms in total. The highest BCUT2D eigenvalue weighted by Crippen LogP contribution is 2.32. The minimum absolute atomic E-state index is 0. The fourth-order valence-electron chi connectivity index (χ4n) is 3.79. The van der Waals surface area contributed by atoms with Gasteiger partial charge in [-0.1, -0.05) is 11.2 Å². The molecule has 2 heterocycles. The lowest BCUT2D eigenvalue weighted by molar-refractivity contribution is 0.120. The first-order valence-corrected chi connectivity index (χ1v) is 11.8. The Labute approximate surface area is 201 Å². The number of aliphatic hydroxyl groups excluding tert-OH is 1. The van der Waals surface area contributed by atoms with E-state index in [1.54, 1.807) is 19.1 Å². The van der Waals surface area contributed by atoms with E-state index in [0.29, 0.717) is 36.8 Å². The quantitative estimate of drug-likeness (QED) is 0.451. The fourth-order valence-corrected chi connectivity index (χ4v) is 5.12. The van der Waals surface area contributed by atoms with Crippen LogP contribution in [0.2, 0.25) is 0 Å². The smallest absolute Gasteiger partial charge is 0.300 e. The van der Waals surface area contributed by atoms with E-state index in [1.165, 1.54) is 18.3 Å². The van der Waals surface area contributed by atoms with Crippen molar-refractivity contribution in [3.63, 3.8) is 0 Å². The third-order valence-corrected chi connectivity index (χ3v) is 7.15. The van der Waals surface area contributed by atoms with Crippen molar-refractivity contribution in [2.75, 3.05) is 5.73 Å². The van der Waals surface area contributed by atoms with Gasteiger partial charge >= 0.3 is 6.43 Å². The molecule has 0 amide bonds. The molecule has 1 aliphatic rings. The Balaban J connectivity index is 0.00000324. The lowest BCUT2D eigenvalue weighted by Crippen LogP contribution is -2.38. The Bertz CT molecular complexity index is 1260. The van der Waals surface area contributed by atoms with Crippen LogP contribution in [0.1, 0.15) is 43.5 Å². The summed E-state index contributed by atoms with van der Waals surface area (Å²) in [5.41, 5.74) is 7.90. The molecule has 0 aliphatic heterocycles. The molecule has 34 heavy (non-hydrogen) atoms. The largest absolute Gasteiger partial charge is 0.393 e. The van der Waals surface area contributed by atoms with E-state index < -0.39 is 22.3 Å². The molecule has 184 valence electrons. The van der Waals surface area contributed by atoms with Crippen LogP contribution in [-0.4, -0.2) is 40.8 Å². The molecule has 0 saturated heterocycles. The average Bonchev–Trinajstić information content (AvgIpc) is 3.26. The number of nitrogen functional groups attached to an aromatic ring is 1. The highest BCUT2D eigenvalue weighted by molar-refractivity contribution is 7.89. The summed E-state index contributed by atoms with van der Waals surface area (Å²) < 4.78 is 59.2. The molecule has 1 aliphatic carbocycles. The number of aliphatic hydroxyl groups is 1. The predicted molar refractivity (Wildman–Crippen MR) is 123 cm³/mol. The maximum absolute atomic E-state index is 13.0. The highest BCUT2D eigenvalue weighted by atomic mass is 35.5. The number of halogens is 3. The topological polar surface area (TPSA) is 144 Å². The molecule has 13 heteroatoms. The van der Waals surface area contributed by atoms with Crippen LogP contribution in [0.25, 0.3) is 22.6 Å². The standard InChI is InChI=1S/C21H23F2N5O4S.ClH/c1-11-2-7-15(33(30,31)28-13-3-5-14(29)6-4-13)9-16(11)12-8-17(19(24)25-10-12)21-26-20(18(22)23)27-32-21;/h2,7-10,13-14,18,28-29H,3-6H2,1H3,(H2,24,25);1H. The molecule has 0 spiro atoms. The van der Waals surface area contributed by atoms with Gasteiger partial charge in [0.25, 0.3) is 5.89 Å². The second kappa shape index (κ2) is 10.3. The minimum Gasteiger partial charge on any atom is -0.393 e. The molecular formula is C21H24ClF2N5O4S. The van der Waals surface area contributed by atoms with Gasteiger partial charge < -0.3 is 15.4 Å². The van der Waals surface area contributed by atoms with E-state index in [4.69, 9.17) is 10.3 Å². The number of nitrogens with two attached hydrogens (primary N) is 1. The SMILES string of the molecule is Cc1ccc(S(=O)(=O)NC2CCC(O)CC2)cc1-c1cnc(N)c(-c2nc(C(F)F)no2)c1.Cl. The molecule has 0 bridgehead atoms. The van der Waals surface area contributed by atoms with Crippen molar-refractivity contribution in [2.24, 2.45) is 0 Å². The van der Waals surface area contributed by atoms with Crippen LogP contribution in [0, 0.1) is 6.92 Å². The number of aryl methyl sites for hydroxylation is 1. The van der Waals surface area contributed by atoms with E-state index in [0.717, 1.165) is 5.56 Å². The summed E-state index contributed by atoms with van der Waals surface area (Å²) in [6, 6.07) is 6.00. The lowest BCUT2D eigenvalue weighted by atomic mass is 9.94. The molecule has 1 aromatic carbocycles. The Morgan fingerprint density at radius 2 is 1.88 bits per heavy atom. The zero-order chi connectivity index (χ0) is 23.8. The Morgan fingerprint density at radius 1 is 1.18 bits per heavy atom. The Kier molecular flexibility index (Phi) is 7.86. The molecule has 0 radical (unpaired) electrons. The average molecular weight is 516 g/mol. The van der Waals surface area contributed by atoms with Crippen molar-refractivity contribution in [3.8, 4) is 22.6 Å². The van der Waals surface area contributed by atoms with Gasteiger partial charge in [0.05, 0.1) is 16.6 Å². The van der Waals surface area contributed by atoms with Crippen LogP contribution < -0.4 is 10.5 Å². The molecule has 0 atom stereocenters. The zero-order valence-electron chi connectivity index (χ0n) is 18.1. The van der Waals surface area contributed by atoms with Crippen LogP contribution in [-0.2, 0) is 10.0 Å². The van der Waals surface area contributed by atoms with Gasteiger partial charge in [-0.15, -0.1) is 12.4 Å². The number of hydrogen-bond acceptors (Lipinski definition) is 8. The number of anilines is 1. The Morgan fingerprint density at radius 3 is 2.53 bits per heavy atom. The summed E-state index contributed by atoms with van der Waals surface area (Å²) in [5.74, 6) is -0.967. The third kappa shape index (κ3) is 5.52. The molecule has 4 N–H and O–H groups in total. The lowest BCUT2D eigenvalue weighted by Gasteiger charge is -2.26. The number of pyridine rings is 1. The summed E-state index contributed by atoms with van der Waals surface area (Å²) in [7, 11) is -3.80. The van der Waals surface area contributed by atoms with Gasteiger partial charge in [0.15, 0.2) is 0 Å². The molecule has 0 unspecified atom stereocenters. The van der Waals surface area contributed by atoms with E-state index in [9.17, 15) is 22.3 Å². The van der Waals surface area contributed by atoms with Gasteiger partial charge in [0.1, 0.15) is 5.82 Å². The van der Waals surface area contributed by atoms with Crippen LogP contribution in [0.4, 0.5) is 14.6 Å². The van der Waals surface area contributed by atoms with E-state index in [2.05, 4.69) is 19.8 Å². The monoisotopic (exact) mass is 515 g/mol. The second-order valence-electron chi connectivity index (χ2n) is 8.02. The first kappa shape index (κ1) is 25.9. The summed E-state index contributed by atoms with van der Waals surface area (Å²) in [6.07, 6.45) is 0.399. The number of nitrogens with zero attached hydrogens (tertiary/aromatic N) is 3. The number of aromatic nitrogens is 3. The maximum Gasteiger partial charge on any atom is 0.300 e. The summed E-state index contributed by atoms with van der Waals surface area (Å²) >= 11 is 0. The van der Waals surface area contributed by atoms with Gasteiger partial charge in [-0.2, -0.15) is 4.98 Å². The maximum atomic E-state index is 13.0. The molecule has 4 rings (SSSR count). The van der Waals surface area contributed by atoms with Crippen molar-refractivity contribution in [1.82, 2.24) is 19.8 Å². The van der Waals surface area contributed by atoms with Crippen molar-refractivity contribution < 1.29 is 26.8 Å². The number of alkyl halides is 2. The summed E-state index contributed by atoms with van der Waals surface area (Å²) in [6.45, 7) is 1.80. The third-order valence-electron chi connectivity index (χ3n) is 5.63. The Hall–Kier alpha value is -2.67.